The van der Waals surface area contributed by atoms with E-state index < -0.39 is 40.9 Å². The number of Topliss-reactive ketones (excluding diaryl/α,β-unsaturated/α-hetero) is 1. The first-order valence-electron chi connectivity index (χ1n) is 9.05. The van der Waals surface area contributed by atoms with Crippen molar-refractivity contribution in [3.8, 4) is 0 Å². The van der Waals surface area contributed by atoms with E-state index in [1.54, 1.807) is 12.1 Å². The Hall–Kier alpha value is -3.58. The maximum atomic E-state index is 14.6. The normalized spacial score (nSPS) is 17.9. The summed E-state index contributed by atoms with van der Waals surface area (Å²) in [5.74, 6) is -5.23. The van der Waals surface area contributed by atoms with Crippen LogP contribution in [-0.4, -0.2) is 16.8 Å². The molecule has 156 valence electrons. The topological polar surface area (TPSA) is 57.6 Å². The fraction of sp³-hybridized carbons (Fsp3) is 0.0435. The van der Waals surface area contributed by atoms with E-state index >= 15 is 0 Å². The van der Waals surface area contributed by atoms with Crippen LogP contribution < -0.4 is 4.90 Å². The first-order valence-corrected chi connectivity index (χ1v) is 9.43. The molecule has 1 aliphatic rings. The fourth-order valence-corrected chi connectivity index (χ4v) is 3.70. The molecule has 1 N–H and O–H groups in total. The summed E-state index contributed by atoms with van der Waals surface area (Å²) in [5, 5.41) is 11.2. The molecule has 1 heterocycles. The Balaban J connectivity index is 1.97. The van der Waals surface area contributed by atoms with Crippen molar-refractivity contribution in [1.82, 2.24) is 0 Å². The molecule has 0 aliphatic carbocycles. The minimum absolute atomic E-state index is 0.164. The third-order valence-corrected chi connectivity index (χ3v) is 5.13. The molecule has 3 aromatic rings. The average Bonchev–Trinajstić information content (AvgIpc) is 2.99. The molecule has 1 fully saturated rings. The number of carbonyl (C=O) groups excluding carboxylic acids is 2. The molecule has 3 aromatic carbocycles. The highest BCUT2D eigenvalue weighted by atomic mass is 35.5. The zero-order valence-electron chi connectivity index (χ0n) is 15.7. The number of amides is 1. The van der Waals surface area contributed by atoms with Gasteiger partial charge in [-0.15, -0.1) is 0 Å². The van der Waals surface area contributed by atoms with E-state index in [4.69, 9.17) is 11.6 Å². The standard InChI is InChI=1S/C23H13ClF3NO3/c24-14-3-1-2-13(10-14)21(29)19-20(12-4-6-15(25)7-5-12)28(23(31)22(19)30)18-9-8-16(26)11-17(18)27/h1-11,20,29H/b21-19+. The van der Waals surface area contributed by atoms with Crippen molar-refractivity contribution in [3.63, 3.8) is 0 Å². The highest BCUT2D eigenvalue weighted by molar-refractivity contribution is 6.51. The average molecular weight is 444 g/mol. The van der Waals surface area contributed by atoms with E-state index in [2.05, 4.69) is 0 Å². The summed E-state index contributed by atoms with van der Waals surface area (Å²) < 4.78 is 41.5. The van der Waals surface area contributed by atoms with Crippen LogP contribution in [0.4, 0.5) is 18.9 Å². The van der Waals surface area contributed by atoms with Crippen LogP contribution in [0.5, 0.6) is 0 Å². The fourth-order valence-electron chi connectivity index (χ4n) is 3.51. The number of carbonyl (C=O) groups is 2. The second-order valence-electron chi connectivity index (χ2n) is 6.83. The lowest BCUT2D eigenvalue weighted by Gasteiger charge is -2.25. The van der Waals surface area contributed by atoms with E-state index in [0.29, 0.717) is 6.07 Å². The van der Waals surface area contributed by atoms with E-state index in [0.717, 1.165) is 29.2 Å². The quantitative estimate of drug-likeness (QED) is 0.336. The zero-order valence-corrected chi connectivity index (χ0v) is 16.4. The van der Waals surface area contributed by atoms with Gasteiger partial charge in [-0.25, -0.2) is 13.2 Å². The van der Waals surface area contributed by atoms with Crippen molar-refractivity contribution >= 4 is 34.7 Å². The Morgan fingerprint density at radius 3 is 2.23 bits per heavy atom. The van der Waals surface area contributed by atoms with Gasteiger partial charge in [-0.05, 0) is 42.0 Å². The molecule has 1 amide bonds. The molecule has 4 nitrogen and oxygen atoms in total. The third-order valence-electron chi connectivity index (χ3n) is 4.90. The largest absolute Gasteiger partial charge is 0.507 e. The number of aliphatic hydroxyl groups excluding tert-OH is 1. The summed E-state index contributed by atoms with van der Waals surface area (Å²) in [6.07, 6.45) is 0. The Labute approximate surface area is 179 Å². The number of hydrogen-bond donors (Lipinski definition) is 1. The molecular formula is C23H13ClF3NO3. The van der Waals surface area contributed by atoms with Crippen LogP contribution in [0, 0.1) is 17.5 Å². The number of anilines is 1. The molecule has 1 unspecified atom stereocenters. The molecule has 1 aliphatic heterocycles. The van der Waals surface area contributed by atoms with Gasteiger partial charge in [-0.1, -0.05) is 35.9 Å². The molecule has 1 saturated heterocycles. The Bertz CT molecular complexity index is 1240. The molecule has 1 atom stereocenters. The highest BCUT2D eigenvalue weighted by Crippen LogP contribution is 2.43. The van der Waals surface area contributed by atoms with Gasteiger partial charge in [0, 0.05) is 16.7 Å². The minimum atomic E-state index is -1.28. The maximum Gasteiger partial charge on any atom is 0.300 e. The molecule has 31 heavy (non-hydrogen) atoms. The predicted octanol–water partition coefficient (Wildman–Crippen LogP) is 5.38. The van der Waals surface area contributed by atoms with Crippen molar-refractivity contribution < 1.29 is 27.9 Å². The number of benzene rings is 3. The zero-order chi connectivity index (χ0) is 22.3. The summed E-state index contributed by atoms with van der Waals surface area (Å²) in [6, 6.07) is 12.1. The number of aliphatic hydroxyl groups is 1. The first kappa shape index (κ1) is 20.7. The SMILES string of the molecule is O=C1C(=O)N(c2ccc(F)cc2F)C(c2ccc(F)cc2)/C1=C(\O)c1cccc(Cl)c1. The molecular weight excluding hydrogens is 431 g/mol. The number of rotatable bonds is 3. The molecule has 8 heteroatoms. The summed E-state index contributed by atoms with van der Waals surface area (Å²) in [4.78, 5) is 26.6. The van der Waals surface area contributed by atoms with Crippen LogP contribution >= 0.6 is 11.6 Å². The maximum absolute atomic E-state index is 14.6. The summed E-state index contributed by atoms with van der Waals surface area (Å²) in [6.45, 7) is 0. The molecule has 0 saturated carbocycles. The van der Waals surface area contributed by atoms with E-state index in [-0.39, 0.29) is 27.4 Å². The number of hydrogen-bond acceptors (Lipinski definition) is 3. The van der Waals surface area contributed by atoms with Gasteiger partial charge in [0.2, 0.25) is 0 Å². The second kappa shape index (κ2) is 7.92. The first-order chi connectivity index (χ1) is 14.8. The minimum Gasteiger partial charge on any atom is -0.507 e. The van der Waals surface area contributed by atoms with Crippen molar-refractivity contribution in [3.05, 3.63) is 106 Å². The summed E-state index contributed by atoms with van der Waals surface area (Å²) in [5.41, 5.74) is -0.282. The van der Waals surface area contributed by atoms with Crippen molar-refractivity contribution in [2.24, 2.45) is 0 Å². The highest BCUT2D eigenvalue weighted by Gasteiger charge is 2.47. The molecule has 0 aromatic heterocycles. The number of ketones is 1. The molecule has 0 spiro atoms. The van der Waals surface area contributed by atoms with Gasteiger partial charge < -0.3 is 5.11 Å². The van der Waals surface area contributed by atoms with Gasteiger partial charge in [0.25, 0.3) is 11.7 Å². The Morgan fingerprint density at radius 2 is 1.58 bits per heavy atom. The van der Waals surface area contributed by atoms with Gasteiger partial charge in [-0.2, -0.15) is 0 Å². The Kier molecular flexibility index (Phi) is 5.29. The van der Waals surface area contributed by atoms with Crippen LogP contribution in [0.25, 0.3) is 5.76 Å². The predicted molar refractivity (Wildman–Crippen MR) is 109 cm³/mol. The lowest BCUT2D eigenvalue weighted by Crippen LogP contribution is -2.30. The van der Waals surface area contributed by atoms with Crippen LogP contribution in [0.2, 0.25) is 5.02 Å². The van der Waals surface area contributed by atoms with Crippen LogP contribution in [0.15, 0.2) is 72.3 Å². The number of nitrogens with zero attached hydrogens (tertiary/aromatic N) is 1. The van der Waals surface area contributed by atoms with Crippen LogP contribution in [0.1, 0.15) is 17.2 Å². The van der Waals surface area contributed by atoms with Gasteiger partial charge in [0.1, 0.15) is 23.2 Å². The van der Waals surface area contributed by atoms with Gasteiger partial charge in [0.15, 0.2) is 0 Å². The molecule has 0 bridgehead atoms. The molecule has 0 radical (unpaired) electrons. The monoisotopic (exact) mass is 443 g/mol. The van der Waals surface area contributed by atoms with E-state index in [9.17, 15) is 27.9 Å². The van der Waals surface area contributed by atoms with Gasteiger partial charge in [-0.3, -0.25) is 14.5 Å². The van der Waals surface area contributed by atoms with E-state index in [1.165, 1.54) is 24.3 Å². The summed E-state index contributed by atoms with van der Waals surface area (Å²) >= 11 is 5.97. The van der Waals surface area contributed by atoms with Crippen LogP contribution in [-0.2, 0) is 9.59 Å². The van der Waals surface area contributed by atoms with Crippen molar-refractivity contribution in [1.29, 1.82) is 0 Å². The Morgan fingerprint density at radius 1 is 0.903 bits per heavy atom. The molecule has 4 rings (SSSR count). The van der Waals surface area contributed by atoms with Crippen molar-refractivity contribution in [2.75, 3.05) is 4.90 Å². The van der Waals surface area contributed by atoms with Gasteiger partial charge >= 0.3 is 0 Å². The number of halogens is 4. The second-order valence-corrected chi connectivity index (χ2v) is 7.26. The lowest BCUT2D eigenvalue weighted by atomic mass is 9.95. The van der Waals surface area contributed by atoms with E-state index in [1.807, 2.05) is 0 Å². The van der Waals surface area contributed by atoms with Gasteiger partial charge in [0.05, 0.1) is 17.3 Å². The third kappa shape index (κ3) is 3.68. The lowest BCUT2D eigenvalue weighted by molar-refractivity contribution is -0.132. The van der Waals surface area contributed by atoms with Crippen molar-refractivity contribution in [2.45, 2.75) is 6.04 Å². The summed E-state index contributed by atoms with van der Waals surface area (Å²) in [7, 11) is 0. The van der Waals surface area contributed by atoms with Crippen LogP contribution in [0.3, 0.4) is 0 Å². The smallest absolute Gasteiger partial charge is 0.300 e.